The molecule has 3 aromatic heterocycles. The number of para-hydroxylation sites is 1. The average Bonchev–Trinajstić information content (AvgIpc) is 3.09. The largest absolute Gasteiger partial charge is 0.461 e. The van der Waals surface area contributed by atoms with E-state index in [1.807, 2.05) is 53.4 Å². The zero-order valence-electron chi connectivity index (χ0n) is 11.5. The number of aryl methyl sites for hydroxylation is 1. The zero-order valence-corrected chi connectivity index (χ0v) is 12.3. The number of rotatable bonds is 3. The SMILES string of the molecule is Cc1oc2ccccc2c1C(O)Cc1cn2ccsc2n1. The number of hydrogen-bond donors (Lipinski definition) is 1. The van der Waals surface area contributed by atoms with Gasteiger partial charge in [0, 0.05) is 35.1 Å². The molecule has 0 aliphatic heterocycles. The first kappa shape index (κ1) is 12.6. The first-order valence-corrected chi connectivity index (χ1v) is 7.67. The van der Waals surface area contributed by atoms with Crippen molar-refractivity contribution in [3.8, 4) is 0 Å². The van der Waals surface area contributed by atoms with Crippen molar-refractivity contribution in [3.63, 3.8) is 0 Å². The van der Waals surface area contributed by atoms with Crippen LogP contribution in [-0.2, 0) is 6.42 Å². The van der Waals surface area contributed by atoms with Crippen molar-refractivity contribution in [1.29, 1.82) is 0 Å². The molecular weight excluding hydrogens is 284 g/mol. The van der Waals surface area contributed by atoms with Gasteiger partial charge in [-0.2, -0.15) is 0 Å². The molecule has 0 bridgehead atoms. The number of furan rings is 1. The number of imidazole rings is 1. The quantitative estimate of drug-likeness (QED) is 0.627. The fraction of sp³-hybridized carbons (Fsp3) is 0.188. The average molecular weight is 298 g/mol. The summed E-state index contributed by atoms with van der Waals surface area (Å²) in [7, 11) is 0. The van der Waals surface area contributed by atoms with Gasteiger partial charge >= 0.3 is 0 Å². The molecule has 21 heavy (non-hydrogen) atoms. The Morgan fingerprint density at radius 2 is 2.24 bits per heavy atom. The molecule has 0 radical (unpaired) electrons. The monoisotopic (exact) mass is 298 g/mol. The van der Waals surface area contributed by atoms with Crippen LogP contribution in [0.1, 0.15) is 23.1 Å². The molecule has 0 aliphatic rings. The molecule has 4 rings (SSSR count). The summed E-state index contributed by atoms with van der Waals surface area (Å²) in [5, 5.41) is 13.6. The number of benzene rings is 1. The number of aromatic nitrogens is 2. The van der Waals surface area contributed by atoms with E-state index in [4.69, 9.17) is 4.42 Å². The number of fused-ring (bicyclic) bond motifs is 2. The van der Waals surface area contributed by atoms with Crippen molar-refractivity contribution < 1.29 is 9.52 Å². The Labute approximate surface area is 125 Å². The van der Waals surface area contributed by atoms with Gasteiger partial charge in [0.25, 0.3) is 0 Å². The first-order valence-electron chi connectivity index (χ1n) is 6.79. The topological polar surface area (TPSA) is 50.7 Å². The molecule has 3 heterocycles. The van der Waals surface area contributed by atoms with Gasteiger partial charge in [0.15, 0.2) is 4.96 Å². The predicted molar refractivity (Wildman–Crippen MR) is 82.7 cm³/mol. The minimum atomic E-state index is -0.613. The van der Waals surface area contributed by atoms with Gasteiger partial charge in [-0.25, -0.2) is 4.98 Å². The highest BCUT2D eigenvalue weighted by Gasteiger charge is 2.20. The van der Waals surface area contributed by atoms with Crippen LogP contribution in [0.15, 0.2) is 46.5 Å². The molecule has 0 saturated carbocycles. The van der Waals surface area contributed by atoms with E-state index < -0.39 is 6.10 Å². The van der Waals surface area contributed by atoms with E-state index >= 15 is 0 Å². The van der Waals surface area contributed by atoms with E-state index in [9.17, 15) is 5.11 Å². The Bertz CT molecular complexity index is 890. The third-order valence-electron chi connectivity index (χ3n) is 3.70. The lowest BCUT2D eigenvalue weighted by Gasteiger charge is -2.08. The lowest BCUT2D eigenvalue weighted by Crippen LogP contribution is -2.03. The zero-order chi connectivity index (χ0) is 14.4. The summed E-state index contributed by atoms with van der Waals surface area (Å²) in [5.41, 5.74) is 2.57. The molecule has 1 unspecified atom stereocenters. The summed E-state index contributed by atoms with van der Waals surface area (Å²) in [6.45, 7) is 1.89. The molecule has 0 spiro atoms. The Hall–Kier alpha value is -2.11. The molecule has 0 aliphatic carbocycles. The van der Waals surface area contributed by atoms with Gasteiger partial charge in [-0.05, 0) is 13.0 Å². The second kappa shape index (κ2) is 4.72. The van der Waals surface area contributed by atoms with Crippen molar-refractivity contribution in [2.24, 2.45) is 0 Å². The highest BCUT2D eigenvalue weighted by atomic mass is 32.1. The van der Waals surface area contributed by atoms with Crippen molar-refractivity contribution in [3.05, 3.63) is 59.1 Å². The van der Waals surface area contributed by atoms with Crippen molar-refractivity contribution in [2.75, 3.05) is 0 Å². The standard InChI is InChI=1S/C16H14N2O2S/c1-10-15(12-4-2-3-5-14(12)20-10)13(19)8-11-9-18-6-7-21-16(18)17-11/h2-7,9,13,19H,8H2,1H3. The minimum Gasteiger partial charge on any atom is -0.461 e. The molecule has 1 N–H and O–H groups in total. The third-order valence-corrected chi connectivity index (χ3v) is 4.47. The predicted octanol–water partition coefficient (Wildman–Crippen LogP) is 3.73. The normalized spacial score (nSPS) is 13.2. The van der Waals surface area contributed by atoms with Crippen LogP contribution >= 0.6 is 11.3 Å². The number of hydrogen-bond acceptors (Lipinski definition) is 4. The van der Waals surface area contributed by atoms with Gasteiger partial charge in [-0.15, -0.1) is 11.3 Å². The molecule has 1 aromatic carbocycles. The second-order valence-corrected chi connectivity index (χ2v) is 5.99. The minimum absolute atomic E-state index is 0.485. The molecule has 4 nitrogen and oxygen atoms in total. The van der Waals surface area contributed by atoms with Gasteiger partial charge in [0.05, 0.1) is 11.8 Å². The highest BCUT2D eigenvalue weighted by molar-refractivity contribution is 7.15. The van der Waals surface area contributed by atoms with E-state index in [1.54, 1.807) is 11.3 Å². The second-order valence-electron chi connectivity index (χ2n) is 5.11. The number of nitrogens with zero attached hydrogens (tertiary/aromatic N) is 2. The summed E-state index contributed by atoms with van der Waals surface area (Å²) in [4.78, 5) is 5.47. The Balaban J connectivity index is 1.71. The fourth-order valence-corrected chi connectivity index (χ4v) is 3.50. The molecule has 1 atom stereocenters. The first-order chi connectivity index (χ1) is 10.2. The van der Waals surface area contributed by atoms with Gasteiger partial charge in [-0.1, -0.05) is 18.2 Å². The van der Waals surface area contributed by atoms with Crippen LogP contribution < -0.4 is 0 Å². The summed E-state index contributed by atoms with van der Waals surface area (Å²) in [6, 6.07) is 7.80. The van der Waals surface area contributed by atoms with E-state index in [1.165, 1.54) is 0 Å². The highest BCUT2D eigenvalue weighted by Crippen LogP contribution is 2.32. The van der Waals surface area contributed by atoms with Crippen LogP contribution in [0, 0.1) is 6.92 Å². The van der Waals surface area contributed by atoms with Crippen LogP contribution in [0.5, 0.6) is 0 Å². The lowest BCUT2D eigenvalue weighted by atomic mass is 10.0. The van der Waals surface area contributed by atoms with Gasteiger partial charge in [0.1, 0.15) is 11.3 Å². The molecule has 106 valence electrons. The van der Waals surface area contributed by atoms with Crippen LogP contribution in [0.3, 0.4) is 0 Å². The summed E-state index contributed by atoms with van der Waals surface area (Å²) < 4.78 is 7.70. The summed E-state index contributed by atoms with van der Waals surface area (Å²) in [5.74, 6) is 0.768. The maximum atomic E-state index is 10.6. The van der Waals surface area contributed by atoms with Gasteiger partial charge < -0.3 is 9.52 Å². The molecule has 5 heteroatoms. The van der Waals surface area contributed by atoms with E-state index in [-0.39, 0.29) is 0 Å². The van der Waals surface area contributed by atoms with Gasteiger partial charge in [0.2, 0.25) is 0 Å². The van der Waals surface area contributed by atoms with Crippen LogP contribution in [0.4, 0.5) is 0 Å². The van der Waals surface area contributed by atoms with E-state index in [0.29, 0.717) is 6.42 Å². The smallest absolute Gasteiger partial charge is 0.193 e. The third kappa shape index (κ3) is 2.05. The van der Waals surface area contributed by atoms with E-state index in [0.717, 1.165) is 32.9 Å². The number of aliphatic hydroxyl groups is 1. The van der Waals surface area contributed by atoms with Gasteiger partial charge in [-0.3, -0.25) is 4.40 Å². The molecule has 0 saturated heterocycles. The Morgan fingerprint density at radius 1 is 1.38 bits per heavy atom. The molecule has 4 aromatic rings. The Morgan fingerprint density at radius 3 is 3.10 bits per heavy atom. The molecular formula is C16H14N2O2S. The van der Waals surface area contributed by atoms with E-state index in [2.05, 4.69) is 4.98 Å². The van der Waals surface area contributed by atoms with Crippen LogP contribution in [0.25, 0.3) is 15.9 Å². The molecule has 0 amide bonds. The number of thiazole rings is 1. The maximum absolute atomic E-state index is 10.6. The number of aliphatic hydroxyl groups excluding tert-OH is 1. The van der Waals surface area contributed by atoms with Crippen molar-refractivity contribution >= 4 is 27.3 Å². The van der Waals surface area contributed by atoms with Crippen LogP contribution in [-0.4, -0.2) is 14.5 Å². The maximum Gasteiger partial charge on any atom is 0.193 e. The van der Waals surface area contributed by atoms with Crippen molar-refractivity contribution in [2.45, 2.75) is 19.4 Å². The van der Waals surface area contributed by atoms with Crippen LogP contribution in [0.2, 0.25) is 0 Å². The van der Waals surface area contributed by atoms with Crippen molar-refractivity contribution in [1.82, 2.24) is 9.38 Å². The Kier molecular flexibility index (Phi) is 2.83. The fourth-order valence-electron chi connectivity index (χ4n) is 2.78. The lowest BCUT2D eigenvalue weighted by molar-refractivity contribution is 0.176. The molecule has 0 fully saturated rings. The summed E-state index contributed by atoms with van der Waals surface area (Å²) >= 11 is 1.59. The summed E-state index contributed by atoms with van der Waals surface area (Å²) in [6.07, 6.45) is 3.81.